The first-order valence-electron chi connectivity index (χ1n) is 9.38. The molecule has 0 atom stereocenters. The van der Waals surface area contributed by atoms with Crippen LogP contribution in [0.15, 0.2) is 60.2 Å². The minimum Gasteiger partial charge on any atom is -0.318 e. The van der Waals surface area contributed by atoms with Gasteiger partial charge in [-0.1, -0.05) is 0 Å². The van der Waals surface area contributed by atoms with Gasteiger partial charge in [-0.05, 0) is 80.1 Å². The van der Waals surface area contributed by atoms with Crippen LogP contribution in [0.2, 0.25) is 0 Å². The SMILES string of the molecule is Cc1cc(/C=C2/C(=O)NC(=O)N(c3ccc(F)cc3)C2=O)c(C)n1-c1ccc(F)cc1. The standard InChI is InChI=1S/C23H17F2N3O3/c1-13-11-15(14(2)27(13)18-7-3-16(24)4-8-18)12-20-21(29)26-23(31)28(22(20)30)19-9-5-17(25)6-10-19/h3-12H,1-2H3,(H,26,29,31)/b20-12-. The van der Waals surface area contributed by atoms with Gasteiger partial charge in [0.2, 0.25) is 0 Å². The summed E-state index contributed by atoms with van der Waals surface area (Å²) in [6, 6.07) is 11.6. The van der Waals surface area contributed by atoms with Gasteiger partial charge in [-0.2, -0.15) is 0 Å². The highest BCUT2D eigenvalue weighted by molar-refractivity contribution is 6.39. The van der Waals surface area contributed by atoms with Crippen LogP contribution < -0.4 is 10.2 Å². The molecule has 4 rings (SSSR count). The third-order valence-corrected chi connectivity index (χ3v) is 5.04. The Balaban J connectivity index is 1.75. The number of rotatable bonds is 3. The van der Waals surface area contributed by atoms with Crippen LogP contribution in [0.1, 0.15) is 17.0 Å². The van der Waals surface area contributed by atoms with E-state index in [0.29, 0.717) is 5.56 Å². The lowest BCUT2D eigenvalue weighted by molar-refractivity contribution is -0.122. The summed E-state index contributed by atoms with van der Waals surface area (Å²) in [5.41, 5.74) is 2.76. The lowest BCUT2D eigenvalue weighted by Gasteiger charge is -2.26. The molecule has 6 nitrogen and oxygen atoms in total. The maximum atomic E-state index is 13.3. The van der Waals surface area contributed by atoms with Crippen molar-refractivity contribution >= 4 is 29.6 Å². The second kappa shape index (κ2) is 7.64. The van der Waals surface area contributed by atoms with E-state index in [1.165, 1.54) is 30.3 Å². The summed E-state index contributed by atoms with van der Waals surface area (Å²) in [5, 5.41) is 2.14. The zero-order valence-corrected chi connectivity index (χ0v) is 16.6. The first-order valence-corrected chi connectivity index (χ1v) is 9.38. The van der Waals surface area contributed by atoms with E-state index in [-0.39, 0.29) is 17.1 Å². The van der Waals surface area contributed by atoms with E-state index >= 15 is 0 Å². The number of hydrogen-bond donors (Lipinski definition) is 1. The molecular formula is C23H17F2N3O3. The van der Waals surface area contributed by atoms with Gasteiger partial charge in [0.05, 0.1) is 5.69 Å². The minimum atomic E-state index is -0.907. The molecule has 0 spiro atoms. The van der Waals surface area contributed by atoms with Crippen LogP contribution in [0, 0.1) is 25.5 Å². The largest absolute Gasteiger partial charge is 0.335 e. The predicted molar refractivity (Wildman–Crippen MR) is 111 cm³/mol. The van der Waals surface area contributed by atoms with Gasteiger partial charge in [0, 0.05) is 17.1 Å². The van der Waals surface area contributed by atoms with Gasteiger partial charge in [-0.3, -0.25) is 14.9 Å². The summed E-state index contributed by atoms with van der Waals surface area (Å²) in [4.78, 5) is 38.4. The lowest BCUT2D eigenvalue weighted by Crippen LogP contribution is -2.54. The fourth-order valence-electron chi connectivity index (χ4n) is 3.56. The molecule has 1 aromatic heterocycles. The van der Waals surface area contributed by atoms with Crippen molar-refractivity contribution in [2.75, 3.05) is 4.90 Å². The number of carbonyl (C=O) groups excluding carboxylic acids is 3. The summed E-state index contributed by atoms with van der Waals surface area (Å²) >= 11 is 0. The predicted octanol–water partition coefficient (Wildman–Crippen LogP) is 4.04. The van der Waals surface area contributed by atoms with Gasteiger partial charge in [0.1, 0.15) is 17.2 Å². The molecule has 31 heavy (non-hydrogen) atoms. The van der Waals surface area contributed by atoms with Gasteiger partial charge in [-0.25, -0.2) is 18.5 Å². The Morgan fingerprint density at radius 3 is 1.97 bits per heavy atom. The molecule has 1 aliphatic heterocycles. The van der Waals surface area contributed by atoms with E-state index in [1.54, 1.807) is 25.1 Å². The molecule has 3 aromatic rings. The number of nitrogens with one attached hydrogen (secondary N) is 1. The first-order chi connectivity index (χ1) is 14.8. The number of benzene rings is 2. The van der Waals surface area contributed by atoms with Crippen molar-refractivity contribution in [3.8, 4) is 5.69 Å². The van der Waals surface area contributed by atoms with E-state index in [2.05, 4.69) is 5.32 Å². The van der Waals surface area contributed by atoms with E-state index in [4.69, 9.17) is 0 Å². The molecule has 0 unspecified atom stereocenters. The summed E-state index contributed by atoms with van der Waals surface area (Å²) in [6.45, 7) is 3.65. The topological polar surface area (TPSA) is 71.4 Å². The number of carbonyl (C=O) groups is 3. The van der Waals surface area contributed by atoms with Crippen LogP contribution in [0.3, 0.4) is 0 Å². The molecule has 0 saturated carbocycles. The van der Waals surface area contributed by atoms with Crippen molar-refractivity contribution < 1.29 is 23.2 Å². The number of halogens is 2. The molecule has 0 bridgehead atoms. The Labute approximate surface area is 176 Å². The van der Waals surface area contributed by atoms with Crippen LogP contribution in [-0.2, 0) is 9.59 Å². The van der Waals surface area contributed by atoms with Crippen molar-refractivity contribution in [3.05, 3.63) is 88.8 Å². The normalized spacial score (nSPS) is 15.5. The smallest absolute Gasteiger partial charge is 0.318 e. The number of barbiturate groups is 1. The molecule has 4 amide bonds. The highest BCUT2D eigenvalue weighted by Gasteiger charge is 2.37. The maximum Gasteiger partial charge on any atom is 0.335 e. The number of nitrogens with zero attached hydrogens (tertiary/aromatic N) is 2. The van der Waals surface area contributed by atoms with Crippen LogP contribution in [0.4, 0.5) is 19.3 Å². The summed E-state index contributed by atoms with van der Waals surface area (Å²) in [5.74, 6) is -2.51. The Morgan fingerprint density at radius 1 is 0.839 bits per heavy atom. The van der Waals surface area contributed by atoms with Gasteiger partial charge in [0.15, 0.2) is 0 Å². The van der Waals surface area contributed by atoms with Gasteiger partial charge in [0.25, 0.3) is 11.8 Å². The molecule has 8 heteroatoms. The monoisotopic (exact) mass is 421 g/mol. The zero-order chi connectivity index (χ0) is 22.3. The summed E-state index contributed by atoms with van der Waals surface area (Å²) in [7, 11) is 0. The zero-order valence-electron chi connectivity index (χ0n) is 16.6. The molecule has 1 fully saturated rings. The van der Waals surface area contributed by atoms with Crippen molar-refractivity contribution in [1.29, 1.82) is 0 Å². The number of imide groups is 2. The number of amides is 4. The highest BCUT2D eigenvalue weighted by Crippen LogP contribution is 2.26. The second-order valence-electron chi connectivity index (χ2n) is 7.07. The van der Waals surface area contributed by atoms with E-state index in [9.17, 15) is 23.2 Å². The molecule has 1 aliphatic rings. The highest BCUT2D eigenvalue weighted by atomic mass is 19.1. The number of aromatic nitrogens is 1. The fraction of sp³-hybridized carbons (Fsp3) is 0.0870. The fourth-order valence-corrected chi connectivity index (χ4v) is 3.56. The van der Waals surface area contributed by atoms with E-state index < -0.39 is 23.7 Å². The van der Waals surface area contributed by atoms with Gasteiger partial charge < -0.3 is 4.57 Å². The van der Waals surface area contributed by atoms with E-state index in [1.807, 2.05) is 11.5 Å². The molecule has 0 radical (unpaired) electrons. The first kappa shape index (κ1) is 20.2. The molecule has 156 valence electrons. The maximum absolute atomic E-state index is 13.3. The van der Waals surface area contributed by atoms with Crippen LogP contribution in [0.5, 0.6) is 0 Å². The molecule has 1 saturated heterocycles. The molecule has 1 N–H and O–H groups in total. The molecular weight excluding hydrogens is 404 g/mol. The van der Waals surface area contributed by atoms with Gasteiger partial charge >= 0.3 is 6.03 Å². The molecule has 2 aromatic carbocycles. The average Bonchev–Trinajstić information content (AvgIpc) is 3.00. The summed E-state index contributed by atoms with van der Waals surface area (Å²) < 4.78 is 28.4. The Hall–Kier alpha value is -4.07. The van der Waals surface area contributed by atoms with Crippen LogP contribution in [0.25, 0.3) is 11.8 Å². The Kier molecular flexibility index (Phi) is 4.98. The third kappa shape index (κ3) is 3.63. The number of aryl methyl sites for hydroxylation is 1. The van der Waals surface area contributed by atoms with Crippen molar-refractivity contribution in [2.45, 2.75) is 13.8 Å². The lowest BCUT2D eigenvalue weighted by atomic mass is 10.1. The van der Waals surface area contributed by atoms with Gasteiger partial charge in [-0.15, -0.1) is 0 Å². The minimum absolute atomic E-state index is 0.138. The second-order valence-corrected chi connectivity index (χ2v) is 7.07. The van der Waals surface area contributed by atoms with Crippen molar-refractivity contribution in [2.24, 2.45) is 0 Å². The third-order valence-electron chi connectivity index (χ3n) is 5.04. The van der Waals surface area contributed by atoms with Crippen LogP contribution >= 0.6 is 0 Å². The van der Waals surface area contributed by atoms with Crippen LogP contribution in [-0.4, -0.2) is 22.4 Å². The molecule has 2 heterocycles. The quantitative estimate of drug-likeness (QED) is 0.513. The van der Waals surface area contributed by atoms with E-state index in [0.717, 1.165) is 34.1 Å². The number of urea groups is 1. The molecule has 0 aliphatic carbocycles. The number of hydrogen-bond acceptors (Lipinski definition) is 3. The number of anilines is 1. The van der Waals surface area contributed by atoms with Crippen molar-refractivity contribution in [3.63, 3.8) is 0 Å². The Bertz CT molecular complexity index is 1240. The Morgan fingerprint density at radius 2 is 1.39 bits per heavy atom. The van der Waals surface area contributed by atoms with Crippen molar-refractivity contribution in [1.82, 2.24) is 9.88 Å². The average molecular weight is 421 g/mol. The summed E-state index contributed by atoms with van der Waals surface area (Å²) in [6.07, 6.45) is 1.41.